The number of carbonyl (C=O) groups excluding carboxylic acids is 2. The molecule has 0 spiro atoms. The van der Waals surface area contributed by atoms with E-state index in [-0.39, 0.29) is 11.9 Å². The Balaban J connectivity index is 2.16. The molecule has 0 saturated heterocycles. The van der Waals surface area contributed by atoms with Gasteiger partial charge < -0.3 is 4.74 Å². The highest BCUT2D eigenvalue weighted by molar-refractivity contribution is 6.37. The van der Waals surface area contributed by atoms with Gasteiger partial charge in [-0.1, -0.05) is 30.4 Å². The standard InChI is InChI=1S/C16H18ClNO3/c1-3-21-16(20)14-10-11(2)9-13(14)15(19)18(17)12-7-5-4-6-8-12/h4-8,13-14H,2-3,9-10H2,1H3. The van der Waals surface area contributed by atoms with Crippen LogP contribution in [0.5, 0.6) is 0 Å². The minimum Gasteiger partial charge on any atom is -0.466 e. The molecule has 0 aliphatic heterocycles. The van der Waals surface area contributed by atoms with Crippen LogP contribution < -0.4 is 4.42 Å². The van der Waals surface area contributed by atoms with E-state index in [0.29, 0.717) is 25.1 Å². The van der Waals surface area contributed by atoms with E-state index in [1.807, 2.05) is 6.07 Å². The Morgan fingerprint density at radius 2 is 1.90 bits per heavy atom. The Morgan fingerprint density at radius 3 is 2.52 bits per heavy atom. The molecule has 2 unspecified atom stereocenters. The van der Waals surface area contributed by atoms with Gasteiger partial charge in [0.2, 0.25) is 5.91 Å². The second-order valence-corrected chi connectivity index (χ2v) is 5.42. The van der Waals surface area contributed by atoms with Crippen molar-refractivity contribution in [2.45, 2.75) is 19.8 Å². The van der Waals surface area contributed by atoms with E-state index in [4.69, 9.17) is 16.5 Å². The molecule has 21 heavy (non-hydrogen) atoms. The highest BCUT2D eigenvalue weighted by atomic mass is 35.5. The number of hydrogen-bond donors (Lipinski definition) is 0. The average molecular weight is 308 g/mol. The lowest BCUT2D eigenvalue weighted by Gasteiger charge is -2.21. The largest absolute Gasteiger partial charge is 0.466 e. The van der Waals surface area contributed by atoms with Crippen molar-refractivity contribution < 1.29 is 14.3 Å². The summed E-state index contributed by atoms with van der Waals surface area (Å²) in [6.45, 7) is 5.93. The van der Waals surface area contributed by atoms with Crippen molar-refractivity contribution in [2.24, 2.45) is 11.8 Å². The lowest BCUT2D eigenvalue weighted by Crippen LogP contribution is -2.34. The molecular weight excluding hydrogens is 290 g/mol. The van der Waals surface area contributed by atoms with Gasteiger partial charge in [0, 0.05) is 11.8 Å². The van der Waals surface area contributed by atoms with Gasteiger partial charge in [0.1, 0.15) is 0 Å². The first-order valence-electron chi connectivity index (χ1n) is 6.92. The number of anilines is 1. The Kier molecular flexibility index (Phi) is 5.02. The molecule has 1 aromatic rings. The van der Waals surface area contributed by atoms with Gasteiger partial charge in [-0.2, -0.15) is 0 Å². The third-order valence-corrected chi connectivity index (χ3v) is 3.95. The summed E-state index contributed by atoms with van der Waals surface area (Å²) >= 11 is 6.13. The maximum atomic E-state index is 12.6. The first-order valence-corrected chi connectivity index (χ1v) is 7.26. The van der Waals surface area contributed by atoms with Gasteiger partial charge in [-0.25, -0.2) is 4.42 Å². The van der Waals surface area contributed by atoms with Gasteiger partial charge >= 0.3 is 5.97 Å². The molecule has 0 N–H and O–H groups in total. The molecule has 1 aliphatic rings. The highest BCUT2D eigenvalue weighted by Gasteiger charge is 2.42. The maximum absolute atomic E-state index is 12.6. The van der Waals surface area contributed by atoms with Crippen molar-refractivity contribution in [3.8, 4) is 0 Å². The van der Waals surface area contributed by atoms with E-state index in [9.17, 15) is 9.59 Å². The number of ether oxygens (including phenoxy) is 1. The van der Waals surface area contributed by atoms with E-state index in [0.717, 1.165) is 9.99 Å². The zero-order valence-corrected chi connectivity index (χ0v) is 12.7. The fourth-order valence-electron chi connectivity index (χ4n) is 2.58. The summed E-state index contributed by atoms with van der Waals surface area (Å²) in [6.07, 6.45) is 0.952. The average Bonchev–Trinajstić information content (AvgIpc) is 2.89. The van der Waals surface area contributed by atoms with Crippen molar-refractivity contribution >= 4 is 29.3 Å². The highest BCUT2D eigenvalue weighted by Crippen LogP contribution is 2.38. The topological polar surface area (TPSA) is 46.6 Å². The van der Waals surface area contributed by atoms with Crippen molar-refractivity contribution in [1.82, 2.24) is 0 Å². The third kappa shape index (κ3) is 3.45. The number of benzene rings is 1. The van der Waals surface area contributed by atoms with Crippen LogP contribution in [-0.2, 0) is 14.3 Å². The molecule has 0 bridgehead atoms. The minimum atomic E-state index is -0.505. The quantitative estimate of drug-likeness (QED) is 0.487. The molecule has 1 aromatic carbocycles. The van der Waals surface area contributed by atoms with Gasteiger partial charge in [-0.15, -0.1) is 0 Å². The molecule has 1 saturated carbocycles. The Labute approximate surface area is 129 Å². The van der Waals surface area contributed by atoms with E-state index in [2.05, 4.69) is 6.58 Å². The predicted octanol–water partition coefficient (Wildman–Crippen LogP) is 3.32. The van der Waals surface area contributed by atoms with Gasteiger partial charge in [-0.3, -0.25) is 9.59 Å². The SMILES string of the molecule is C=C1CC(C(=O)OCC)C(C(=O)N(Cl)c2ccccc2)C1. The zero-order valence-electron chi connectivity index (χ0n) is 11.9. The van der Waals surface area contributed by atoms with Crippen molar-refractivity contribution in [2.75, 3.05) is 11.0 Å². The lowest BCUT2D eigenvalue weighted by molar-refractivity contribution is -0.151. The Morgan fingerprint density at radius 1 is 1.29 bits per heavy atom. The van der Waals surface area contributed by atoms with E-state index < -0.39 is 11.8 Å². The maximum Gasteiger partial charge on any atom is 0.310 e. The molecule has 2 atom stereocenters. The molecule has 4 nitrogen and oxygen atoms in total. The number of hydrogen-bond acceptors (Lipinski definition) is 3. The molecule has 2 rings (SSSR count). The first kappa shape index (κ1) is 15.6. The summed E-state index contributed by atoms with van der Waals surface area (Å²) in [5.74, 6) is -1.64. The number of halogens is 1. The molecule has 112 valence electrons. The number of para-hydroxylation sites is 1. The van der Waals surface area contributed by atoms with Crippen LogP contribution in [0.1, 0.15) is 19.8 Å². The van der Waals surface area contributed by atoms with Crippen LogP contribution in [0.25, 0.3) is 0 Å². The van der Waals surface area contributed by atoms with Crippen molar-refractivity contribution in [3.05, 3.63) is 42.5 Å². The van der Waals surface area contributed by atoms with Crippen LogP contribution >= 0.6 is 11.8 Å². The van der Waals surface area contributed by atoms with Crippen molar-refractivity contribution in [1.29, 1.82) is 0 Å². The monoisotopic (exact) mass is 307 g/mol. The van der Waals surface area contributed by atoms with Gasteiger partial charge in [0.15, 0.2) is 0 Å². The Bertz CT molecular complexity index is 544. The van der Waals surface area contributed by atoms with E-state index in [1.165, 1.54) is 0 Å². The molecule has 0 radical (unpaired) electrons. The summed E-state index contributed by atoms with van der Waals surface area (Å²) in [5.41, 5.74) is 1.47. The minimum absolute atomic E-state index is 0.292. The molecule has 1 aliphatic carbocycles. The summed E-state index contributed by atoms with van der Waals surface area (Å²) in [4.78, 5) is 24.5. The summed E-state index contributed by atoms with van der Waals surface area (Å²) < 4.78 is 6.12. The predicted molar refractivity (Wildman–Crippen MR) is 81.8 cm³/mol. The van der Waals surface area contributed by atoms with Crippen LogP contribution in [0.15, 0.2) is 42.5 Å². The summed E-state index contributed by atoms with van der Waals surface area (Å²) in [7, 11) is 0. The number of rotatable bonds is 4. The fourth-order valence-corrected chi connectivity index (χ4v) is 2.82. The number of carbonyl (C=O) groups is 2. The van der Waals surface area contributed by atoms with E-state index in [1.54, 1.807) is 31.2 Å². The second-order valence-electron chi connectivity index (χ2n) is 5.08. The molecular formula is C16H18ClNO3. The van der Waals surface area contributed by atoms with Crippen molar-refractivity contribution in [3.63, 3.8) is 0 Å². The lowest BCUT2D eigenvalue weighted by atomic mass is 9.95. The molecule has 5 heteroatoms. The van der Waals surface area contributed by atoms with Crippen LogP contribution in [-0.4, -0.2) is 18.5 Å². The van der Waals surface area contributed by atoms with Crippen LogP contribution in [0.2, 0.25) is 0 Å². The fraction of sp³-hybridized carbons (Fsp3) is 0.375. The zero-order chi connectivity index (χ0) is 15.4. The van der Waals surface area contributed by atoms with Crippen LogP contribution in [0, 0.1) is 11.8 Å². The summed E-state index contributed by atoms with van der Waals surface area (Å²) in [5, 5.41) is 0. The molecule has 0 heterocycles. The molecule has 1 amide bonds. The first-order chi connectivity index (χ1) is 10.0. The third-order valence-electron chi connectivity index (χ3n) is 3.59. The number of allylic oxidation sites excluding steroid dienone is 1. The summed E-state index contributed by atoms with van der Waals surface area (Å²) in [6, 6.07) is 8.93. The van der Waals surface area contributed by atoms with Gasteiger partial charge in [0.25, 0.3) is 0 Å². The van der Waals surface area contributed by atoms with Crippen LogP contribution in [0.4, 0.5) is 5.69 Å². The number of esters is 1. The molecule has 0 aromatic heterocycles. The number of amides is 1. The van der Waals surface area contributed by atoms with E-state index >= 15 is 0 Å². The van der Waals surface area contributed by atoms with Crippen LogP contribution in [0.3, 0.4) is 0 Å². The number of nitrogens with zero attached hydrogens (tertiary/aromatic N) is 1. The normalized spacial score (nSPS) is 21.1. The smallest absolute Gasteiger partial charge is 0.310 e. The second kappa shape index (κ2) is 6.76. The van der Waals surface area contributed by atoms with Gasteiger partial charge in [0.05, 0.1) is 24.1 Å². The Hall–Kier alpha value is -1.81. The molecule has 1 fully saturated rings. The van der Waals surface area contributed by atoms with Gasteiger partial charge in [-0.05, 0) is 31.9 Å².